The number of fused-ring (bicyclic) bond motifs is 3. The first kappa shape index (κ1) is 10.6. The zero-order chi connectivity index (χ0) is 47.2. The average molecular weight is 567 g/mol. The molecule has 0 atom stereocenters. The van der Waals surface area contributed by atoms with Crippen LogP contribution in [0.25, 0.3) is 87.2 Å². The van der Waals surface area contributed by atoms with Gasteiger partial charge in [-0.15, -0.1) is 0 Å². The molecule has 1 heterocycles. The van der Waals surface area contributed by atoms with Crippen LogP contribution in [-0.4, -0.2) is 0 Å². The number of para-hydroxylation sites is 1. The first-order valence-corrected chi connectivity index (χ1v) is 13.1. The van der Waals surface area contributed by atoms with E-state index in [1.165, 1.54) is 12.1 Å². The lowest BCUT2D eigenvalue weighted by Gasteiger charge is -2.24. The minimum absolute atomic E-state index is 0.149. The number of benzene rings is 9. The molecule has 0 fully saturated rings. The largest absolute Gasteiger partial charge is 0.456 e. The summed E-state index contributed by atoms with van der Waals surface area (Å²) in [6.45, 7) is 0. The molecule has 9 aromatic rings. The monoisotopic (exact) mass is 566 g/mol. The fourth-order valence-corrected chi connectivity index (χ4v) is 5.94. The molecular formula is C42H24O. The quantitative estimate of drug-likeness (QED) is 0.189. The zero-order valence-electron chi connectivity index (χ0n) is 43.6. The molecule has 0 bridgehead atoms. The van der Waals surface area contributed by atoms with Gasteiger partial charge in [0.25, 0.3) is 0 Å². The van der Waals surface area contributed by atoms with Gasteiger partial charge in [0.15, 0.2) is 0 Å². The third-order valence-corrected chi connectivity index (χ3v) is 7.74. The summed E-state index contributed by atoms with van der Waals surface area (Å²) in [6, 6.07) is -13.4. The lowest BCUT2D eigenvalue weighted by atomic mass is 9.83. The molecule has 0 saturated carbocycles. The first-order chi connectivity index (χ1) is 30.5. The Labute approximate surface area is 279 Å². The molecule has 0 saturated heterocycles. The van der Waals surface area contributed by atoms with Crippen LogP contribution >= 0.6 is 0 Å². The molecule has 198 valence electrons. The van der Waals surface area contributed by atoms with Crippen molar-refractivity contribution in [1.82, 2.24) is 0 Å². The van der Waals surface area contributed by atoms with Gasteiger partial charge in [-0.3, -0.25) is 0 Å². The first-order valence-electron chi connectivity index (χ1n) is 24.1. The highest BCUT2D eigenvalue weighted by atomic mass is 16.5. The molecule has 10 rings (SSSR count). The van der Waals surface area contributed by atoms with E-state index in [9.17, 15) is 11.0 Å². The van der Waals surface area contributed by atoms with E-state index in [-0.39, 0.29) is 60.5 Å². The van der Waals surface area contributed by atoms with Crippen molar-refractivity contribution < 1.29 is 34.9 Å². The Morgan fingerprint density at radius 1 is 0.349 bits per heavy atom. The molecule has 0 radical (unpaired) electrons. The van der Waals surface area contributed by atoms with Crippen molar-refractivity contribution >= 4 is 53.9 Å². The lowest BCUT2D eigenvalue weighted by molar-refractivity contribution is 0.487. The lowest BCUT2D eigenvalue weighted by Crippen LogP contribution is -1.98. The molecule has 0 N–H and O–H groups in total. The Morgan fingerprint density at radius 3 is 1.91 bits per heavy atom. The SMILES string of the molecule is [2H]c1c([2H])c([2H])c2c(c1[2H])Oc1ccc(-c3c(-c4c([2H])c([2H])c5c([2H])c([2H])c6c([2H])c([2H])c([2H])c7c([2H])c([2H])c4c5c67)c([2H])c([2H])c4c([2H])c([2H])c([2H])c([2H])c34)c3c([2H])c([2H])c([2H])c-2c13. The number of hydrogen-bond donors (Lipinski definition) is 0. The molecular weight excluding hydrogens is 520 g/mol. The van der Waals surface area contributed by atoms with Crippen LogP contribution in [0.5, 0.6) is 11.5 Å². The fraction of sp³-hybridized carbons (Fsp3) is 0. The number of hydrogen-bond acceptors (Lipinski definition) is 1. The Bertz CT molecular complexity index is 3800. The molecule has 0 aliphatic carbocycles. The average Bonchev–Trinajstić information content (AvgIpc) is 3.28. The minimum Gasteiger partial charge on any atom is -0.456 e. The maximum atomic E-state index is 9.69. The summed E-state index contributed by atoms with van der Waals surface area (Å²) >= 11 is 0. The Hall–Kier alpha value is -5.66. The zero-order valence-corrected chi connectivity index (χ0v) is 21.6. The Morgan fingerprint density at radius 2 is 0.977 bits per heavy atom. The molecule has 1 heteroatoms. The predicted octanol–water partition coefficient (Wildman–Crippen LogP) is 12.0. The fourth-order valence-electron chi connectivity index (χ4n) is 5.94. The van der Waals surface area contributed by atoms with Crippen molar-refractivity contribution in [2.75, 3.05) is 0 Å². The summed E-state index contributed by atoms with van der Waals surface area (Å²) in [4.78, 5) is 0. The van der Waals surface area contributed by atoms with E-state index in [1.54, 1.807) is 0 Å². The highest BCUT2D eigenvalue weighted by molar-refractivity contribution is 6.26. The summed E-state index contributed by atoms with van der Waals surface area (Å²) in [5.41, 5.74) is -2.32. The van der Waals surface area contributed by atoms with E-state index < -0.39 is 171 Å². The van der Waals surface area contributed by atoms with Crippen LogP contribution in [0.4, 0.5) is 0 Å². The van der Waals surface area contributed by atoms with Crippen molar-refractivity contribution in [3.63, 3.8) is 0 Å². The summed E-state index contributed by atoms with van der Waals surface area (Å²) in [6.07, 6.45) is 0. The summed E-state index contributed by atoms with van der Waals surface area (Å²) < 4.78 is 204. The highest BCUT2D eigenvalue weighted by Crippen LogP contribution is 2.51. The second kappa shape index (κ2) is 8.44. The van der Waals surface area contributed by atoms with Gasteiger partial charge in [0.1, 0.15) is 11.5 Å². The molecule has 43 heavy (non-hydrogen) atoms. The number of rotatable bonds is 2. The van der Waals surface area contributed by atoms with Gasteiger partial charge in [-0.2, -0.15) is 0 Å². The second-order valence-electron chi connectivity index (χ2n) is 9.92. The van der Waals surface area contributed by atoms with E-state index in [0.29, 0.717) is 0 Å². The van der Waals surface area contributed by atoms with Crippen LogP contribution in [0.1, 0.15) is 30.2 Å². The van der Waals surface area contributed by atoms with Crippen LogP contribution in [0.2, 0.25) is 0 Å². The van der Waals surface area contributed by atoms with Gasteiger partial charge in [-0.05, 0) is 94.5 Å². The van der Waals surface area contributed by atoms with Gasteiger partial charge in [-0.25, -0.2) is 0 Å². The van der Waals surface area contributed by atoms with Gasteiger partial charge in [-0.1, -0.05) is 127 Å². The highest BCUT2D eigenvalue weighted by Gasteiger charge is 2.23. The third kappa shape index (κ3) is 3.11. The van der Waals surface area contributed by atoms with E-state index in [1.807, 2.05) is 0 Å². The molecule has 0 aromatic heterocycles. The minimum atomic E-state index is -0.843. The van der Waals surface area contributed by atoms with Crippen LogP contribution < -0.4 is 4.74 Å². The maximum Gasteiger partial charge on any atom is 0.135 e. The van der Waals surface area contributed by atoms with Crippen LogP contribution in [0.15, 0.2) is 145 Å². The Kier molecular flexibility index (Phi) is 2.07. The second-order valence-corrected chi connectivity index (χ2v) is 9.92. The van der Waals surface area contributed by atoms with Gasteiger partial charge in [0, 0.05) is 10.9 Å². The predicted molar refractivity (Wildman–Crippen MR) is 182 cm³/mol. The summed E-state index contributed by atoms with van der Waals surface area (Å²) in [7, 11) is 0. The molecule has 1 aliphatic heterocycles. The molecule has 0 amide bonds. The molecule has 9 aromatic carbocycles. The standard InChI is InChI=1S/C42H24O/c1-2-10-29-25(7-1)17-21-35(30-20-18-28-16-15-26-8-5-9-27-19-22-34(30)40(28)39(26)27)41(29)36-23-24-38-42-32(12-6-13-33(36)42)31-11-3-4-14-37(31)43-38/h1-24H/i1D,2D,3D,4D,5D,6D,7D,8D,9D,10D,11D,12D,13D,14D,15D,16D,17D,18D,19D,20D,21D,22D. The van der Waals surface area contributed by atoms with Crippen molar-refractivity contribution in [2.24, 2.45) is 0 Å². The van der Waals surface area contributed by atoms with E-state index in [2.05, 4.69) is 0 Å². The van der Waals surface area contributed by atoms with Crippen LogP contribution in [0, 0.1) is 0 Å². The normalized spacial score (nSPS) is 19.5. The Balaban J connectivity index is 1.52. The van der Waals surface area contributed by atoms with Gasteiger partial charge in [0.05, 0.1) is 30.2 Å². The van der Waals surface area contributed by atoms with Crippen molar-refractivity contribution in [3.05, 3.63) is 145 Å². The van der Waals surface area contributed by atoms with Crippen LogP contribution in [0.3, 0.4) is 0 Å². The topological polar surface area (TPSA) is 9.23 Å². The molecule has 1 aliphatic rings. The smallest absolute Gasteiger partial charge is 0.135 e. The van der Waals surface area contributed by atoms with E-state index in [4.69, 9.17) is 23.9 Å². The third-order valence-electron chi connectivity index (χ3n) is 7.74. The van der Waals surface area contributed by atoms with Crippen LogP contribution in [-0.2, 0) is 0 Å². The summed E-state index contributed by atoms with van der Waals surface area (Å²) in [5.74, 6) is -0.534. The van der Waals surface area contributed by atoms with Crippen molar-refractivity contribution in [2.45, 2.75) is 0 Å². The van der Waals surface area contributed by atoms with Crippen molar-refractivity contribution in [1.29, 1.82) is 0 Å². The molecule has 1 nitrogen and oxygen atoms in total. The van der Waals surface area contributed by atoms with Gasteiger partial charge in [0.2, 0.25) is 0 Å². The molecule has 0 spiro atoms. The van der Waals surface area contributed by atoms with Gasteiger partial charge < -0.3 is 4.74 Å². The maximum absolute atomic E-state index is 9.69. The van der Waals surface area contributed by atoms with Crippen molar-refractivity contribution in [3.8, 4) is 44.9 Å². The summed E-state index contributed by atoms with van der Waals surface area (Å²) in [5, 5.41) is -3.46. The van der Waals surface area contributed by atoms with E-state index in [0.717, 1.165) is 0 Å². The number of ether oxygens (including phenoxy) is 1. The van der Waals surface area contributed by atoms with Gasteiger partial charge >= 0.3 is 0 Å². The van der Waals surface area contributed by atoms with E-state index >= 15 is 0 Å². The molecule has 0 unspecified atom stereocenters.